The highest BCUT2D eigenvalue weighted by atomic mass is 19.4. The number of H-pyrrole nitrogens is 1. The molecule has 21 heavy (non-hydrogen) atoms. The molecule has 3 nitrogen and oxygen atoms in total. The van der Waals surface area contributed by atoms with Crippen LogP contribution < -0.4 is 0 Å². The number of amides is 1. The molecule has 0 unspecified atom stereocenters. The molecule has 2 aromatic rings. The first-order valence-corrected chi connectivity index (χ1v) is 6.60. The Kier molecular flexibility index (Phi) is 3.98. The molecule has 114 valence electrons. The quantitative estimate of drug-likeness (QED) is 0.919. The highest BCUT2D eigenvalue weighted by molar-refractivity contribution is 5.98. The van der Waals surface area contributed by atoms with Crippen molar-refractivity contribution in [1.29, 1.82) is 0 Å². The Balaban J connectivity index is 2.21. The molecule has 6 heteroatoms. The van der Waals surface area contributed by atoms with Gasteiger partial charge in [-0.05, 0) is 37.6 Å². The van der Waals surface area contributed by atoms with Crippen molar-refractivity contribution < 1.29 is 18.0 Å². The van der Waals surface area contributed by atoms with E-state index in [-0.39, 0.29) is 6.54 Å². The smallest absolute Gasteiger partial charge is 0.358 e. The summed E-state index contributed by atoms with van der Waals surface area (Å²) in [6.07, 6.45) is -5.26. The van der Waals surface area contributed by atoms with Crippen LogP contribution in [0.2, 0.25) is 0 Å². The fourth-order valence-corrected chi connectivity index (χ4v) is 2.21. The third-order valence-corrected chi connectivity index (χ3v) is 3.63. The predicted molar refractivity (Wildman–Crippen MR) is 75.4 cm³/mol. The molecular formula is C15H17F3N2O. The van der Waals surface area contributed by atoms with E-state index < -0.39 is 18.5 Å². The van der Waals surface area contributed by atoms with Crippen LogP contribution in [0.4, 0.5) is 13.2 Å². The molecule has 0 bridgehead atoms. The van der Waals surface area contributed by atoms with E-state index in [2.05, 4.69) is 4.98 Å². The van der Waals surface area contributed by atoms with Gasteiger partial charge < -0.3 is 9.88 Å². The van der Waals surface area contributed by atoms with E-state index in [0.717, 1.165) is 27.1 Å². The molecule has 0 radical (unpaired) electrons. The summed E-state index contributed by atoms with van der Waals surface area (Å²) < 4.78 is 36.6. The number of aromatic amines is 1. The van der Waals surface area contributed by atoms with Gasteiger partial charge in [-0.1, -0.05) is 0 Å². The summed E-state index contributed by atoms with van der Waals surface area (Å²) in [7, 11) is 1.38. The Labute approximate surface area is 120 Å². The number of alkyl halides is 3. The summed E-state index contributed by atoms with van der Waals surface area (Å²) >= 11 is 0. The van der Waals surface area contributed by atoms with Gasteiger partial charge in [0.1, 0.15) is 0 Å². The molecule has 0 spiro atoms. The zero-order valence-electron chi connectivity index (χ0n) is 12.1. The van der Waals surface area contributed by atoms with Crippen molar-refractivity contribution in [2.24, 2.45) is 0 Å². The number of halogens is 3. The molecule has 0 aliphatic carbocycles. The van der Waals surface area contributed by atoms with E-state index in [9.17, 15) is 18.0 Å². The molecule has 0 aliphatic rings. The lowest BCUT2D eigenvalue weighted by Gasteiger charge is -2.18. The molecule has 0 fully saturated rings. The van der Waals surface area contributed by atoms with Gasteiger partial charge in [-0.25, -0.2) is 0 Å². The summed E-state index contributed by atoms with van der Waals surface area (Å²) in [5.41, 5.74) is 3.37. The fourth-order valence-electron chi connectivity index (χ4n) is 2.21. The van der Waals surface area contributed by atoms with Crippen LogP contribution in [0, 0.1) is 13.8 Å². The van der Waals surface area contributed by atoms with Gasteiger partial charge in [0, 0.05) is 35.8 Å². The Morgan fingerprint density at radius 1 is 1.29 bits per heavy atom. The van der Waals surface area contributed by atoms with E-state index in [0.29, 0.717) is 5.56 Å². The largest absolute Gasteiger partial charge is 0.390 e. The van der Waals surface area contributed by atoms with Crippen LogP contribution in [0.1, 0.15) is 28.0 Å². The number of aryl methyl sites for hydroxylation is 2. The summed E-state index contributed by atoms with van der Waals surface area (Å²) in [6, 6.07) is 5.13. The predicted octanol–water partition coefficient (Wildman–Crippen LogP) is 3.81. The number of hydrogen-bond donors (Lipinski definition) is 1. The molecule has 1 amide bonds. The number of nitrogens with zero attached hydrogens (tertiary/aromatic N) is 1. The summed E-state index contributed by atoms with van der Waals surface area (Å²) in [5.74, 6) is -0.403. The van der Waals surface area contributed by atoms with E-state index in [1.54, 1.807) is 18.2 Å². The van der Waals surface area contributed by atoms with Crippen LogP contribution in [0.25, 0.3) is 10.9 Å². The fraction of sp³-hybridized carbons (Fsp3) is 0.400. The van der Waals surface area contributed by atoms with Crippen LogP contribution in [-0.4, -0.2) is 35.6 Å². The van der Waals surface area contributed by atoms with E-state index in [1.807, 2.05) is 13.8 Å². The van der Waals surface area contributed by atoms with Gasteiger partial charge in [0.25, 0.3) is 5.91 Å². The summed E-state index contributed by atoms with van der Waals surface area (Å²) in [5, 5.41) is 0.919. The summed E-state index contributed by atoms with van der Waals surface area (Å²) in [4.78, 5) is 16.5. The number of hydrogen-bond acceptors (Lipinski definition) is 1. The number of carbonyl (C=O) groups excluding carboxylic acids is 1. The average Bonchev–Trinajstić information content (AvgIpc) is 2.69. The van der Waals surface area contributed by atoms with Crippen molar-refractivity contribution in [2.75, 3.05) is 13.6 Å². The number of aromatic nitrogens is 1. The van der Waals surface area contributed by atoms with Crippen LogP contribution in [0.3, 0.4) is 0 Å². The van der Waals surface area contributed by atoms with E-state index >= 15 is 0 Å². The van der Waals surface area contributed by atoms with Gasteiger partial charge in [0.2, 0.25) is 0 Å². The minimum absolute atomic E-state index is 0.342. The van der Waals surface area contributed by atoms with Gasteiger partial charge in [0.15, 0.2) is 0 Å². The maximum Gasteiger partial charge on any atom is 0.390 e. The van der Waals surface area contributed by atoms with Crippen molar-refractivity contribution in [2.45, 2.75) is 26.4 Å². The van der Waals surface area contributed by atoms with Gasteiger partial charge in [0.05, 0.1) is 6.42 Å². The average molecular weight is 298 g/mol. The first-order valence-electron chi connectivity index (χ1n) is 6.60. The van der Waals surface area contributed by atoms with Crippen molar-refractivity contribution in [3.05, 3.63) is 35.0 Å². The standard InChI is InChI=1S/C15H17F3N2O/c1-9-10(2)19-13-5-4-11(8-12(9)13)14(21)20(3)7-6-15(16,17)18/h4-5,8,19H,6-7H2,1-3H3. The van der Waals surface area contributed by atoms with Crippen molar-refractivity contribution in [3.8, 4) is 0 Å². The zero-order chi connectivity index (χ0) is 15.8. The second-order valence-electron chi connectivity index (χ2n) is 5.23. The lowest BCUT2D eigenvalue weighted by atomic mass is 10.1. The van der Waals surface area contributed by atoms with Crippen LogP contribution in [-0.2, 0) is 0 Å². The highest BCUT2D eigenvalue weighted by Crippen LogP contribution is 2.24. The third kappa shape index (κ3) is 3.37. The minimum Gasteiger partial charge on any atom is -0.358 e. The lowest BCUT2D eigenvalue weighted by Crippen LogP contribution is -2.30. The van der Waals surface area contributed by atoms with Crippen LogP contribution in [0.5, 0.6) is 0 Å². The Morgan fingerprint density at radius 2 is 1.95 bits per heavy atom. The van der Waals surface area contributed by atoms with Gasteiger partial charge >= 0.3 is 6.18 Å². The molecule has 2 rings (SSSR count). The molecule has 0 saturated heterocycles. The van der Waals surface area contributed by atoms with E-state index in [1.165, 1.54) is 7.05 Å². The molecular weight excluding hydrogens is 281 g/mol. The molecule has 0 atom stereocenters. The molecule has 1 N–H and O–H groups in total. The van der Waals surface area contributed by atoms with Crippen LogP contribution >= 0.6 is 0 Å². The third-order valence-electron chi connectivity index (χ3n) is 3.63. The first kappa shape index (κ1) is 15.4. The monoisotopic (exact) mass is 298 g/mol. The number of rotatable bonds is 3. The Morgan fingerprint density at radius 3 is 2.57 bits per heavy atom. The van der Waals surface area contributed by atoms with Gasteiger partial charge in [-0.2, -0.15) is 13.2 Å². The number of nitrogens with one attached hydrogen (secondary N) is 1. The maximum atomic E-state index is 12.2. The second-order valence-corrected chi connectivity index (χ2v) is 5.23. The number of carbonyl (C=O) groups is 1. The molecule has 0 saturated carbocycles. The minimum atomic E-state index is -4.26. The SMILES string of the molecule is Cc1[nH]c2ccc(C(=O)N(C)CCC(F)(F)F)cc2c1C. The molecule has 1 aromatic heterocycles. The van der Waals surface area contributed by atoms with E-state index in [4.69, 9.17) is 0 Å². The summed E-state index contributed by atoms with van der Waals surface area (Å²) in [6.45, 7) is 3.54. The zero-order valence-corrected chi connectivity index (χ0v) is 12.1. The second kappa shape index (κ2) is 5.42. The van der Waals surface area contributed by atoms with Crippen LogP contribution in [0.15, 0.2) is 18.2 Å². The molecule has 1 aromatic carbocycles. The normalized spacial score (nSPS) is 11.9. The number of fused-ring (bicyclic) bond motifs is 1. The Bertz CT molecular complexity index is 673. The highest BCUT2D eigenvalue weighted by Gasteiger charge is 2.28. The van der Waals surface area contributed by atoms with Gasteiger partial charge in [-0.15, -0.1) is 0 Å². The molecule has 1 heterocycles. The first-order chi connectivity index (χ1) is 9.69. The molecule has 0 aliphatic heterocycles. The van der Waals surface area contributed by atoms with Crippen molar-refractivity contribution >= 4 is 16.8 Å². The lowest BCUT2D eigenvalue weighted by molar-refractivity contribution is -0.136. The maximum absolute atomic E-state index is 12.2. The van der Waals surface area contributed by atoms with Crippen molar-refractivity contribution in [1.82, 2.24) is 9.88 Å². The number of benzene rings is 1. The van der Waals surface area contributed by atoms with Crippen molar-refractivity contribution in [3.63, 3.8) is 0 Å². The topological polar surface area (TPSA) is 36.1 Å². The van der Waals surface area contributed by atoms with Gasteiger partial charge in [-0.3, -0.25) is 4.79 Å². The Hall–Kier alpha value is -1.98.